The lowest BCUT2D eigenvalue weighted by molar-refractivity contribution is 2.35. The van der Waals surface area contributed by atoms with Crippen molar-refractivity contribution >= 4 is 44.0 Å². The highest BCUT2D eigenvalue weighted by Crippen LogP contribution is 2.23. The Hall–Kier alpha value is 1.40. The van der Waals surface area contributed by atoms with Crippen molar-refractivity contribution in [3.63, 3.8) is 0 Å². The highest BCUT2D eigenvalue weighted by Gasteiger charge is 1.76. The van der Waals surface area contributed by atoms with Crippen LogP contribution < -0.4 is 0 Å². The number of rotatable bonds is 3. The van der Waals surface area contributed by atoms with Gasteiger partial charge in [0, 0.05) is 0 Å². The van der Waals surface area contributed by atoms with Gasteiger partial charge in [-0.2, -0.15) is 0 Å². The average molecular weight is 158 g/mol. The SMILES string of the molecule is CSSCSS. The third kappa shape index (κ3) is 5.40. The zero-order valence-electron chi connectivity index (χ0n) is 3.38. The van der Waals surface area contributed by atoms with E-state index in [-0.39, 0.29) is 0 Å². The molecule has 0 amide bonds. The number of hydrogen-bond acceptors (Lipinski definition) is 4. The van der Waals surface area contributed by atoms with Crippen LogP contribution in [0.15, 0.2) is 0 Å². The van der Waals surface area contributed by atoms with E-state index in [1.807, 2.05) is 10.8 Å². The van der Waals surface area contributed by atoms with Crippen molar-refractivity contribution in [3.8, 4) is 0 Å². The third-order valence-corrected chi connectivity index (χ3v) is 3.78. The first-order chi connectivity index (χ1) is 2.91. The van der Waals surface area contributed by atoms with Crippen molar-refractivity contribution in [2.24, 2.45) is 0 Å². The van der Waals surface area contributed by atoms with Gasteiger partial charge in [-0.25, -0.2) is 0 Å². The second-order valence-electron chi connectivity index (χ2n) is 0.531. The maximum absolute atomic E-state index is 3.94. The summed E-state index contributed by atoms with van der Waals surface area (Å²) in [7, 11) is 5.15. The molecule has 0 bridgehead atoms. The van der Waals surface area contributed by atoms with Crippen LogP contribution in [0.1, 0.15) is 0 Å². The average Bonchev–Trinajstić information content (AvgIpc) is 1.61. The van der Waals surface area contributed by atoms with Gasteiger partial charge in [-0.3, -0.25) is 0 Å². The van der Waals surface area contributed by atoms with E-state index in [1.54, 1.807) is 21.6 Å². The molecule has 0 aromatic heterocycles. The molecular formula is C2H6S4. The van der Waals surface area contributed by atoms with Crippen LogP contribution >= 0.6 is 44.0 Å². The van der Waals surface area contributed by atoms with Crippen molar-refractivity contribution in [2.45, 2.75) is 0 Å². The minimum atomic E-state index is 1.07. The molecule has 0 aliphatic carbocycles. The van der Waals surface area contributed by atoms with Crippen LogP contribution in [0.25, 0.3) is 0 Å². The molecule has 0 rings (SSSR count). The Morgan fingerprint density at radius 1 is 1.67 bits per heavy atom. The molecule has 6 heavy (non-hydrogen) atoms. The second kappa shape index (κ2) is 6.40. The second-order valence-corrected chi connectivity index (χ2v) is 4.78. The van der Waals surface area contributed by atoms with E-state index in [4.69, 9.17) is 0 Å². The zero-order valence-corrected chi connectivity index (χ0v) is 6.72. The van der Waals surface area contributed by atoms with Crippen LogP contribution in [-0.2, 0) is 0 Å². The molecule has 0 N–H and O–H groups in total. The Kier molecular flexibility index (Phi) is 7.89. The smallest absolute Gasteiger partial charge is 0.0597 e. The van der Waals surface area contributed by atoms with Crippen LogP contribution in [-0.4, -0.2) is 11.3 Å². The standard InChI is InChI=1S/C2H6S4/c1-4-6-2-5-3/h3H,2H2,1H3. The maximum atomic E-state index is 3.94. The molecular weight excluding hydrogens is 152 g/mol. The lowest BCUT2D eigenvalue weighted by Crippen LogP contribution is -1.50. The van der Waals surface area contributed by atoms with Gasteiger partial charge < -0.3 is 0 Å². The Morgan fingerprint density at radius 3 is 2.50 bits per heavy atom. The van der Waals surface area contributed by atoms with Gasteiger partial charge in [0.1, 0.15) is 0 Å². The van der Waals surface area contributed by atoms with Crippen LogP contribution in [0.2, 0.25) is 0 Å². The quantitative estimate of drug-likeness (QED) is 0.290. The summed E-state index contributed by atoms with van der Waals surface area (Å²) in [5.74, 6) is 0. The van der Waals surface area contributed by atoms with Crippen molar-refractivity contribution in [2.75, 3.05) is 11.3 Å². The number of thiol groups is 1. The van der Waals surface area contributed by atoms with Crippen molar-refractivity contribution in [1.82, 2.24) is 0 Å². The normalized spacial score (nSPS) is 9.00. The highest BCUT2D eigenvalue weighted by atomic mass is 33.1. The van der Waals surface area contributed by atoms with Crippen LogP contribution in [0, 0.1) is 0 Å². The van der Waals surface area contributed by atoms with E-state index in [9.17, 15) is 0 Å². The first-order valence-electron chi connectivity index (χ1n) is 1.33. The molecule has 0 heterocycles. The molecule has 0 saturated carbocycles. The van der Waals surface area contributed by atoms with Gasteiger partial charge in [0.25, 0.3) is 0 Å². The van der Waals surface area contributed by atoms with Gasteiger partial charge in [0.2, 0.25) is 0 Å². The van der Waals surface area contributed by atoms with Crippen LogP contribution in [0.5, 0.6) is 0 Å². The van der Waals surface area contributed by atoms with Gasteiger partial charge >= 0.3 is 0 Å². The van der Waals surface area contributed by atoms with E-state index >= 15 is 0 Å². The van der Waals surface area contributed by atoms with E-state index < -0.39 is 0 Å². The molecule has 0 radical (unpaired) electrons. The molecule has 38 valence electrons. The molecule has 0 aliphatic heterocycles. The molecule has 0 fully saturated rings. The summed E-state index contributed by atoms with van der Waals surface area (Å²) >= 11 is 3.94. The van der Waals surface area contributed by atoms with E-state index in [2.05, 4.69) is 17.9 Å². The molecule has 0 spiro atoms. The predicted octanol–water partition coefficient (Wildman–Crippen LogP) is 2.53. The Morgan fingerprint density at radius 2 is 2.33 bits per heavy atom. The summed E-state index contributed by atoms with van der Waals surface area (Å²) in [5.41, 5.74) is 0. The first-order valence-corrected chi connectivity index (χ1v) is 6.10. The highest BCUT2D eigenvalue weighted by molar-refractivity contribution is 8.82. The van der Waals surface area contributed by atoms with Gasteiger partial charge in [-0.05, 0) is 6.26 Å². The van der Waals surface area contributed by atoms with E-state index in [0.717, 1.165) is 5.08 Å². The maximum Gasteiger partial charge on any atom is 0.0597 e. The van der Waals surface area contributed by atoms with Gasteiger partial charge in [0.15, 0.2) is 0 Å². The van der Waals surface area contributed by atoms with Gasteiger partial charge in [-0.1, -0.05) is 32.4 Å². The van der Waals surface area contributed by atoms with E-state index in [0.29, 0.717) is 0 Å². The molecule has 4 heteroatoms. The van der Waals surface area contributed by atoms with E-state index in [1.165, 1.54) is 0 Å². The molecule has 0 aliphatic rings. The predicted molar refractivity (Wildman–Crippen MR) is 42.6 cm³/mol. The monoisotopic (exact) mass is 158 g/mol. The molecule has 0 aromatic carbocycles. The molecule has 0 atom stereocenters. The fourth-order valence-electron chi connectivity index (χ4n) is 0.0696. The largest absolute Gasteiger partial charge is 0.110 e. The lowest BCUT2D eigenvalue weighted by Gasteiger charge is -1.85. The van der Waals surface area contributed by atoms with Crippen molar-refractivity contribution in [1.29, 1.82) is 0 Å². The Labute approximate surface area is 55.4 Å². The number of hydrogen-bond donors (Lipinski definition) is 1. The Bertz CT molecular complexity index is 17.5. The van der Waals surface area contributed by atoms with Crippen molar-refractivity contribution in [3.05, 3.63) is 0 Å². The summed E-state index contributed by atoms with van der Waals surface area (Å²) in [4.78, 5) is 0. The fraction of sp³-hybridized carbons (Fsp3) is 1.00. The van der Waals surface area contributed by atoms with Crippen molar-refractivity contribution < 1.29 is 0 Å². The van der Waals surface area contributed by atoms with Gasteiger partial charge in [-0.15, -0.1) is 11.7 Å². The van der Waals surface area contributed by atoms with Crippen LogP contribution in [0.4, 0.5) is 0 Å². The summed E-state index contributed by atoms with van der Waals surface area (Å²) in [5, 5.41) is 1.07. The molecule has 0 nitrogen and oxygen atoms in total. The molecule has 0 unspecified atom stereocenters. The first kappa shape index (κ1) is 7.40. The third-order valence-electron chi connectivity index (χ3n) is 0.219. The topological polar surface area (TPSA) is 0 Å². The summed E-state index contributed by atoms with van der Waals surface area (Å²) in [6, 6.07) is 0. The van der Waals surface area contributed by atoms with Gasteiger partial charge in [0.05, 0.1) is 5.08 Å². The minimum Gasteiger partial charge on any atom is -0.110 e. The van der Waals surface area contributed by atoms with Crippen LogP contribution in [0.3, 0.4) is 0 Å². The lowest BCUT2D eigenvalue weighted by atomic mass is 11.9. The minimum absolute atomic E-state index is 1.07. The summed E-state index contributed by atoms with van der Waals surface area (Å²) in [6.07, 6.45) is 2.06. The molecule has 0 aromatic rings. The molecule has 0 saturated heterocycles. The Balaban J connectivity index is 2.34. The zero-order chi connectivity index (χ0) is 4.83. The fourth-order valence-corrected chi connectivity index (χ4v) is 3.04. The summed E-state index contributed by atoms with van der Waals surface area (Å²) in [6.45, 7) is 0. The summed E-state index contributed by atoms with van der Waals surface area (Å²) < 4.78 is 0.